The van der Waals surface area contributed by atoms with E-state index in [4.69, 9.17) is 0 Å². The smallest absolute Gasteiger partial charge is 0.211 e. The Kier molecular flexibility index (Phi) is 11.1. The SMILES string of the molecule is CCNC(=NCCCNS(=O)(=O)CC)NCCCC1CCCCC1. The summed E-state index contributed by atoms with van der Waals surface area (Å²) in [5.41, 5.74) is 0. The van der Waals surface area contributed by atoms with Crippen LogP contribution in [0.25, 0.3) is 0 Å². The van der Waals surface area contributed by atoms with E-state index in [0.717, 1.165) is 25.0 Å². The molecule has 7 heteroatoms. The van der Waals surface area contributed by atoms with Gasteiger partial charge >= 0.3 is 0 Å². The first-order valence-corrected chi connectivity index (χ1v) is 11.2. The van der Waals surface area contributed by atoms with Crippen LogP contribution < -0.4 is 15.4 Å². The van der Waals surface area contributed by atoms with E-state index >= 15 is 0 Å². The average Bonchev–Trinajstić information content (AvgIpc) is 2.59. The summed E-state index contributed by atoms with van der Waals surface area (Å²) in [6, 6.07) is 0. The molecule has 0 atom stereocenters. The topological polar surface area (TPSA) is 82.6 Å². The normalized spacial score (nSPS) is 17.0. The molecule has 1 fully saturated rings. The van der Waals surface area contributed by atoms with Crippen molar-refractivity contribution in [2.45, 2.75) is 65.2 Å². The van der Waals surface area contributed by atoms with Gasteiger partial charge in [0.2, 0.25) is 10.0 Å². The summed E-state index contributed by atoms with van der Waals surface area (Å²) in [4.78, 5) is 4.50. The van der Waals surface area contributed by atoms with Crippen LogP contribution in [-0.4, -0.2) is 46.3 Å². The van der Waals surface area contributed by atoms with Gasteiger partial charge in [-0.1, -0.05) is 32.1 Å². The summed E-state index contributed by atoms with van der Waals surface area (Å²) in [6.07, 6.45) is 10.2. The van der Waals surface area contributed by atoms with Crippen molar-refractivity contribution in [2.75, 3.05) is 31.9 Å². The summed E-state index contributed by atoms with van der Waals surface area (Å²) >= 11 is 0. The second-order valence-corrected chi connectivity index (χ2v) is 8.58. The molecule has 0 aromatic rings. The van der Waals surface area contributed by atoms with Gasteiger partial charge in [0, 0.05) is 26.2 Å². The number of nitrogens with one attached hydrogen (secondary N) is 3. The number of rotatable bonds is 11. The number of aliphatic imine (C=N–C) groups is 1. The van der Waals surface area contributed by atoms with Gasteiger partial charge in [-0.3, -0.25) is 4.99 Å². The van der Waals surface area contributed by atoms with Crippen molar-refractivity contribution in [3.63, 3.8) is 0 Å². The first-order valence-electron chi connectivity index (χ1n) is 9.57. The van der Waals surface area contributed by atoms with Crippen LogP contribution in [0.4, 0.5) is 0 Å². The minimum Gasteiger partial charge on any atom is -0.357 e. The molecule has 1 saturated carbocycles. The molecule has 1 aliphatic rings. The van der Waals surface area contributed by atoms with E-state index in [1.165, 1.54) is 44.9 Å². The van der Waals surface area contributed by atoms with Gasteiger partial charge in [-0.15, -0.1) is 0 Å². The fraction of sp³-hybridized carbons (Fsp3) is 0.941. The molecule has 0 heterocycles. The molecule has 0 amide bonds. The molecule has 0 saturated heterocycles. The zero-order valence-corrected chi connectivity index (χ0v) is 16.3. The highest BCUT2D eigenvalue weighted by Crippen LogP contribution is 2.26. The Morgan fingerprint density at radius 1 is 1.04 bits per heavy atom. The van der Waals surface area contributed by atoms with Crippen molar-refractivity contribution in [3.8, 4) is 0 Å². The van der Waals surface area contributed by atoms with Gasteiger partial charge in [-0.05, 0) is 39.0 Å². The molecule has 0 spiro atoms. The largest absolute Gasteiger partial charge is 0.357 e. The van der Waals surface area contributed by atoms with Gasteiger partial charge in [0.15, 0.2) is 5.96 Å². The van der Waals surface area contributed by atoms with Crippen LogP contribution in [0, 0.1) is 5.92 Å². The van der Waals surface area contributed by atoms with E-state index in [1.54, 1.807) is 6.92 Å². The third-order valence-corrected chi connectivity index (χ3v) is 5.86. The predicted molar refractivity (Wildman–Crippen MR) is 102 cm³/mol. The quantitative estimate of drug-likeness (QED) is 0.300. The molecule has 0 bridgehead atoms. The lowest BCUT2D eigenvalue weighted by molar-refractivity contribution is 0.332. The molecule has 1 rings (SSSR count). The monoisotopic (exact) mass is 360 g/mol. The molecule has 1 aliphatic carbocycles. The van der Waals surface area contributed by atoms with Crippen molar-refractivity contribution in [3.05, 3.63) is 0 Å². The van der Waals surface area contributed by atoms with E-state index in [0.29, 0.717) is 19.5 Å². The third-order valence-electron chi connectivity index (χ3n) is 4.46. The van der Waals surface area contributed by atoms with Crippen LogP contribution in [0.2, 0.25) is 0 Å². The predicted octanol–water partition coefficient (Wildman–Crippen LogP) is 2.23. The van der Waals surface area contributed by atoms with Crippen molar-refractivity contribution < 1.29 is 8.42 Å². The van der Waals surface area contributed by atoms with E-state index in [2.05, 4.69) is 27.3 Å². The van der Waals surface area contributed by atoms with E-state index in [-0.39, 0.29) is 5.75 Å². The maximum absolute atomic E-state index is 11.3. The van der Waals surface area contributed by atoms with Gasteiger partial charge in [0.1, 0.15) is 0 Å². The van der Waals surface area contributed by atoms with Crippen LogP contribution in [-0.2, 0) is 10.0 Å². The van der Waals surface area contributed by atoms with E-state index < -0.39 is 10.0 Å². The van der Waals surface area contributed by atoms with Crippen LogP contribution in [0.1, 0.15) is 65.2 Å². The van der Waals surface area contributed by atoms with E-state index in [9.17, 15) is 8.42 Å². The molecule has 0 aliphatic heterocycles. The maximum Gasteiger partial charge on any atom is 0.211 e. The highest BCUT2D eigenvalue weighted by molar-refractivity contribution is 7.89. The summed E-state index contributed by atoms with van der Waals surface area (Å²) in [7, 11) is -3.09. The number of guanidine groups is 1. The molecule has 0 unspecified atom stereocenters. The van der Waals surface area contributed by atoms with Crippen molar-refractivity contribution in [1.82, 2.24) is 15.4 Å². The molecule has 3 N–H and O–H groups in total. The highest BCUT2D eigenvalue weighted by atomic mass is 32.2. The molecule has 0 aromatic heterocycles. The summed E-state index contributed by atoms with van der Waals surface area (Å²) in [5.74, 6) is 1.88. The zero-order chi connectivity index (χ0) is 17.7. The molecular weight excluding hydrogens is 324 g/mol. The van der Waals surface area contributed by atoms with Crippen LogP contribution in [0.3, 0.4) is 0 Å². The number of sulfonamides is 1. The lowest BCUT2D eigenvalue weighted by Gasteiger charge is -2.21. The van der Waals surface area contributed by atoms with Crippen molar-refractivity contribution in [1.29, 1.82) is 0 Å². The molecular formula is C17H36N4O2S. The fourth-order valence-electron chi connectivity index (χ4n) is 3.01. The van der Waals surface area contributed by atoms with Gasteiger partial charge in [0.25, 0.3) is 0 Å². The van der Waals surface area contributed by atoms with Crippen LogP contribution in [0.5, 0.6) is 0 Å². The zero-order valence-electron chi connectivity index (χ0n) is 15.4. The first kappa shape index (κ1) is 21.2. The van der Waals surface area contributed by atoms with E-state index in [1.807, 2.05) is 0 Å². The van der Waals surface area contributed by atoms with Gasteiger partial charge in [-0.2, -0.15) is 0 Å². The first-order chi connectivity index (χ1) is 11.6. The number of nitrogens with zero attached hydrogens (tertiary/aromatic N) is 1. The molecule has 24 heavy (non-hydrogen) atoms. The molecule has 142 valence electrons. The lowest BCUT2D eigenvalue weighted by atomic mass is 9.86. The summed E-state index contributed by atoms with van der Waals surface area (Å²) < 4.78 is 25.2. The van der Waals surface area contributed by atoms with Gasteiger partial charge in [-0.25, -0.2) is 13.1 Å². The lowest BCUT2D eigenvalue weighted by Crippen LogP contribution is -2.38. The Morgan fingerprint density at radius 3 is 2.46 bits per heavy atom. The number of hydrogen-bond acceptors (Lipinski definition) is 3. The summed E-state index contributed by atoms with van der Waals surface area (Å²) in [5, 5.41) is 6.62. The Labute approximate surface area is 148 Å². The summed E-state index contributed by atoms with van der Waals surface area (Å²) in [6.45, 7) is 6.53. The standard InChI is InChI=1S/C17H36N4O2S/c1-3-18-17(20-14-9-15-21-24(22,23)4-2)19-13-8-12-16-10-6-5-7-11-16/h16,21H,3-15H2,1-2H3,(H2,18,19,20). The van der Waals surface area contributed by atoms with Gasteiger partial charge in [0.05, 0.1) is 5.75 Å². The second kappa shape index (κ2) is 12.5. The Hall–Kier alpha value is -0.820. The highest BCUT2D eigenvalue weighted by Gasteiger charge is 2.12. The van der Waals surface area contributed by atoms with Gasteiger partial charge < -0.3 is 10.6 Å². The van der Waals surface area contributed by atoms with Crippen LogP contribution in [0.15, 0.2) is 4.99 Å². The molecule has 0 aromatic carbocycles. The van der Waals surface area contributed by atoms with Crippen molar-refractivity contribution >= 4 is 16.0 Å². The van der Waals surface area contributed by atoms with Crippen molar-refractivity contribution in [2.24, 2.45) is 10.9 Å². The maximum atomic E-state index is 11.3. The molecule has 6 nitrogen and oxygen atoms in total. The Balaban J connectivity index is 2.17. The molecule has 0 radical (unpaired) electrons. The number of hydrogen-bond donors (Lipinski definition) is 3. The second-order valence-electron chi connectivity index (χ2n) is 6.49. The Morgan fingerprint density at radius 2 is 1.79 bits per heavy atom. The van der Waals surface area contributed by atoms with Crippen LogP contribution >= 0.6 is 0 Å². The minimum atomic E-state index is -3.09. The minimum absolute atomic E-state index is 0.126. The fourth-order valence-corrected chi connectivity index (χ4v) is 3.67. The Bertz CT molecular complexity index is 446. The average molecular weight is 361 g/mol. The third kappa shape index (κ3) is 10.1.